The van der Waals surface area contributed by atoms with Crippen molar-refractivity contribution in [2.45, 2.75) is 0 Å². The number of rotatable bonds is 16. The number of anilines is 4. The molecule has 9 heterocycles. The standard InChI is InChI=1S/C88H62N12O8/c1-105-81-57(33-29-49-17-13-45-89-77(49)81)85(101)97-61-25-9-5-21-53(61)73-65-37-39-67(93-65)74(54-22-6-10-26-62(54)98-86(102)58-34-30-50-18-14-46-90-78(50)82(58)106-2)69-41-43-71(95-69)76(56-24-8-12-28-64(56)100-88(104)60-36-32-52-20-16-48-92-80(52)84(60)108-4)72-44-42-70(96-72)75(68-40-38-66(73)94-68)55-23-7-11-27-63(55)99-87(103)59-35-31-51-19-15-47-91-79(51)83(59)107-3/h5-48,93,96H,1-4H3,(H,97,101)(H,98,102)(H,99,103)(H,100,104). The number of benzene rings is 8. The smallest absolute Gasteiger partial charge is 0.259 e. The van der Waals surface area contributed by atoms with Crippen LogP contribution in [0.5, 0.6) is 23.0 Å². The maximum absolute atomic E-state index is 15.0. The summed E-state index contributed by atoms with van der Waals surface area (Å²) in [6.07, 6.45) is 14.3. The molecule has 8 bridgehead atoms. The Kier molecular flexibility index (Phi) is 17.2. The summed E-state index contributed by atoms with van der Waals surface area (Å²) in [6, 6.07) is 66.9. The second-order valence-electron chi connectivity index (χ2n) is 25.4. The average Bonchev–Trinajstić information content (AvgIpc) is 1.58. The SMILES string of the molecule is COc1c(C(=O)Nc2ccccc2-c2c3nc(c(-c4ccccc4NC(=O)c4ccc5cccnc5c4OC)c4ccc([nH]4)c(-c4ccccc4NC(=O)c4ccc5cccnc5c4OC)c4nc(c(-c5ccccc5NC(=O)c5ccc6cccnc6c5OC)c5ccc2[nH]5)C=C4)C=C3)ccc2cccnc12. The summed E-state index contributed by atoms with van der Waals surface area (Å²) < 4.78 is 23.7. The van der Waals surface area contributed by atoms with Gasteiger partial charge in [-0.3, -0.25) is 39.1 Å². The lowest BCUT2D eigenvalue weighted by Crippen LogP contribution is -2.14. The van der Waals surface area contributed by atoms with E-state index < -0.39 is 23.6 Å². The van der Waals surface area contributed by atoms with Gasteiger partial charge in [0.15, 0.2) is 23.0 Å². The van der Waals surface area contributed by atoms with Gasteiger partial charge in [-0.1, -0.05) is 121 Å². The van der Waals surface area contributed by atoms with Gasteiger partial charge in [0.1, 0.15) is 22.1 Å². The minimum Gasteiger partial charge on any atom is -0.494 e. The molecular weight excluding hydrogens is 1350 g/mol. The van der Waals surface area contributed by atoms with Gasteiger partial charge >= 0.3 is 0 Å². The van der Waals surface area contributed by atoms with Gasteiger partial charge in [-0.25, -0.2) is 9.97 Å². The third-order valence-electron chi connectivity index (χ3n) is 19.2. The van der Waals surface area contributed by atoms with Crippen molar-refractivity contribution in [3.8, 4) is 67.5 Å². The highest BCUT2D eigenvalue weighted by molar-refractivity contribution is 6.16. The van der Waals surface area contributed by atoms with Gasteiger partial charge in [0, 0.05) is 136 Å². The van der Waals surface area contributed by atoms with Gasteiger partial charge in [0.25, 0.3) is 23.6 Å². The molecule has 0 saturated heterocycles. The van der Waals surface area contributed by atoms with Gasteiger partial charge in [0.2, 0.25) is 0 Å². The van der Waals surface area contributed by atoms with Crippen LogP contribution in [0.15, 0.2) is 243 Å². The molecule has 15 aromatic rings. The van der Waals surface area contributed by atoms with Crippen LogP contribution in [0, 0.1) is 0 Å². The van der Waals surface area contributed by atoms with E-state index in [1.165, 1.54) is 28.4 Å². The maximum Gasteiger partial charge on any atom is 0.259 e. The second-order valence-corrected chi connectivity index (χ2v) is 25.4. The van der Waals surface area contributed by atoms with E-state index in [0.717, 1.165) is 21.5 Å². The van der Waals surface area contributed by atoms with Crippen molar-refractivity contribution in [2.24, 2.45) is 0 Å². The number of nitrogens with zero attached hydrogens (tertiary/aromatic N) is 6. The number of amides is 4. The van der Waals surface area contributed by atoms with Crippen molar-refractivity contribution in [1.29, 1.82) is 0 Å². The van der Waals surface area contributed by atoms with Crippen molar-refractivity contribution in [3.63, 3.8) is 0 Å². The number of nitrogens with one attached hydrogen (secondary N) is 6. The van der Waals surface area contributed by atoms with E-state index in [0.29, 0.717) is 157 Å². The third kappa shape index (κ3) is 11.9. The van der Waals surface area contributed by atoms with Crippen LogP contribution in [0.1, 0.15) is 64.2 Å². The van der Waals surface area contributed by atoms with Crippen molar-refractivity contribution in [3.05, 3.63) is 288 Å². The number of hydrogen-bond donors (Lipinski definition) is 6. The van der Waals surface area contributed by atoms with Crippen LogP contribution >= 0.6 is 0 Å². The number of ether oxygens (including phenoxy) is 4. The molecule has 20 heteroatoms. The molecule has 20 nitrogen and oxygen atoms in total. The van der Waals surface area contributed by atoms with Crippen LogP contribution in [0.2, 0.25) is 0 Å². The zero-order chi connectivity index (χ0) is 73.5. The van der Waals surface area contributed by atoms with Crippen molar-refractivity contribution >= 4 is 136 Å². The molecule has 6 N–H and O–H groups in total. The Bertz CT molecular complexity index is 5750. The quantitative estimate of drug-likeness (QED) is 0.0526. The summed E-state index contributed by atoms with van der Waals surface area (Å²) in [7, 11) is 6.06. The lowest BCUT2D eigenvalue weighted by atomic mass is 10.0. The molecule has 0 saturated carbocycles. The van der Waals surface area contributed by atoms with E-state index in [1.54, 1.807) is 49.1 Å². The molecule has 0 unspecified atom stereocenters. The fourth-order valence-corrected chi connectivity index (χ4v) is 14.4. The highest BCUT2D eigenvalue weighted by Gasteiger charge is 2.28. The van der Waals surface area contributed by atoms with E-state index in [-0.39, 0.29) is 22.3 Å². The summed E-state index contributed by atoms with van der Waals surface area (Å²) in [5.74, 6) is -0.562. The number of H-pyrrole nitrogens is 2. The fraction of sp³-hybridized carbons (Fsp3) is 0.0455. The fourth-order valence-electron chi connectivity index (χ4n) is 14.4. The molecular formula is C88H62N12O8. The molecule has 0 radical (unpaired) electrons. The summed E-state index contributed by atoms with van der Waals surface area (Å²) in [6.45, 7) is 0. The second kappa shape index (κ2) is 28.0. The Morgan fingerprint density at radius 3 is 0.741 bits per heavy atom. The Balaban J connectivity index is 0.925. The minimum absolute atomic E-state index is 0.263. The van der Waals surface area contributed by atoms with Crippen molar-refractivity contribution in [2.75, 3.05) is 49.7 Å². The first-order valence-electron chi connectivity index (χ1n) is 34.5. The van der Waals surface area contributed by atoms with E-state index in [1.807, 2.05) is 218 Å². The topological polar surface area (TPSA) is 262 Å². The van der Waals surface area contributed by atoms with Gasteiger partial charge in [-0.05, 0) is 121 Å². The number of aromatic nitrogens is 8. The van der Waals surface area contributed by atoms with Gasteiger partial charge in [-0.2, -0.15) is 0 Å². The monoisotopic (exact) mass is 1410 g/mol. The van der Waals surface area contributed by atoms with Crippen LogP contribution in [0.4, 0.5) is 22.7 Å². The Labute approximate surface area is 616 Å². The van der Waals surface area contributed by atoms with E-state index in [9.17, 15) is 19.2 Å². The molecule has 0 spiro atoms. The molecule has 108 heavy (non-hydrogen) atoms. The predicted molar refractivity (Wildman–Crippen MR) is 426 cm³/mol. The van der Waals surface area contributed by atoms with Crippen LogP contribution in [0.3, 0.4) is 0 Å². The number of methoxy groups -OCH3 is 4. The lowest BCUT2D eigenvalue weighted by molar-refractivity contribution is 0.101. The van der Waals surface area contributed by atoms with Gasteiger partial charge < -0.3 is 50.2 Å². The zero-order valence-corrected chi connectivity index (χ0v) is 58.4. The van der Waals surface area contributed by atoms with Crippen LogP contribution < -0.4 is 40.2 Å². The number of carbonyl (C=O) groups is 4. The largest absolute Gasteiger partial charge is 0.494 e. The molecule has 0 atom stereocenters. The number of pyridine rings is 4. The van der Waals surface area contributed by atoms with Gasteiger partial charge in [0.05, 0.1) is 73.5 Å². The Morgan fingerprint density at radius 2 is 0.509 bits per heavy atom. The first-order valence-corrected chi connectivity index (χ1v) is 34.5. The minimum atomic E-state index is -0.452. The molecule has 7 aromatic heterocycles. The molecule has 8 aromatic carbocycles. The molecule has 522 valence electrons. The number of carbonyl (C=O) groups excluding carboxylic acids is 4. The first-order chi connectivity index (χ1) is 53.0. The molecule has 17 rings (SSSR count). The number of hydrogen-bond acceptors (Lipinski definition) is 14. The third-order valence-corrected chi connectivity index (χ3v) is 19.2. The van der Waals surface area contributed by atoms with Crippen LogP contribution in [0.25, 0.3) is 134 Å². The number of para-hydroxylation sites is 4. The van der Waals surface area contributed by atoms with E-state index in [2.05, 4.69) is 51.2 Å². The van der Waals surface area contributed by atoms with Crippen LogP contribution in [-0.2, 0) is 0 Å². The zero-order valence-electron chi connectivity index (χ0n) is 58.4. The highest BCUT2D eigenvalue weighted by Crippen LogP contribution is 2.45. The molecule has 2 aliphatic rings. The Morgan fingerprint density at radius 1 is 0.278 bits per heavy atom. The van der Waals surface area contributed by atoms with Gasteiger partial charge in [-0.15, -0.1) is 0 Å². The summed E-state index contributed by atoms with van der Waals surface area (Å²) >= 11 is 0. The van der Waals surface area contributed by atoms with Crippen molar-refractivity contribution < 1.29 is 38.1 Å². The Hall–Kier alpha value is -14.9. The molecule has 0 fully saturated rings. The summed E-state index contributed by atoms with van der Waals surface area (Å²) in [4.78, 5) is 97.3. The molecule has 4 amide bonds. The van der Waals surface area contributed by atoms with Crippen molar-refractivity contribution in [1.82, 2.24) is 39.9 Å². The molecule has 2 aliphatic heterocycles. The molecule has 0 aliphatic carbocycles. The summed E-state index contributed by atoms with van der Waals surface area (Å²) in [5, 5.41) is 16.2. The maximum atomic E-state index is 15.0. The van der Waals surface area contributed by atoms with E-state index >= 15 is 0 Å². The summed E-state index contributed by atoms with van der Waals surface area (Å²) in [5.41, 5.74) is 13.8. The number of fused-ring (bicyclic) bond motifs is 12. The normalized spacial score (nSPS) is 11.6. The van der Waals surface area contributed by atoms with Crippen LogP contribution in [-0.4, -0.2) is 91.9 Å². The number of aromatic amines is 2. The lowest BCUT2D eigenvalue weighted by Gasteiger charge is -2.16. The highest BCUT2D eigenvalue weighted by atomic mass is 16.5. The first kappa shape index (κ1) is 66.3. The predicted octanol–water partition coefficient (Wildman–Crippen LogP) is 18.6. The average molecular weight is 1420 g/mol. The van der Waals surface area contributed by atoms with E-state index in [4.69, 9.17) is 28.9 Å².